The van der Waals surface area contributed by atoms with E-state index in [9.17, 15) is 9.59 Å². The van der Waals surface area contributed by atoms with Crippen LogP contribution in [0.5, 0.6) is 0 Å². The van der Waals surface area contributed by atoms with Crippen LogP contribution in [0.2, 0.25) is 0 Å². The number of carbonyl (C=O) groups excluding carboxylic acids is 1. The Morgan fingerprint density at radius 2 is 1.81 bits per heavy atom. The number of amides is 1. The molecular formula is C26H34N4O2. The first-order chi connectivity index (χ1) is 15.7. The fourth-order valence-corrected chi connectivity index (χ4v) is 5.77. The third-order valence-corrected chi connectivity index (χ3v) is 7.57. The summed E-state index contributed by atoms with van der Waals surface area (Å²) >= 11 is 0. The van der Waals surface area contributed by atoms with E-state index in [1.165, 1.54) is 31.2 Å². The lowest BCUT2D eigenvalue weighted by Crippen LogP contribution is -2.43. The summed E-state index contributed by atoms with van der Waals surface area (Å²) in [5.74, 6) is 0.848. The van der Waals surface area contributed by atoms with Crippen LogP contribution in [0.3, 0.4) is 0 Å². The maximum absolute atomic E-state index is 13.2. The van der Waals surface area contributed by atoms with Gasteiger partial charge in [0.15, 0.2) is 0 Å². The quantitative estimate of drug-likeness (QED) is 0.778. The highest BCUT2D eigenvalue weighted by Crippen LogP contribution is 2.31. The van der Waals surface area contributed by atoms with Gasteiger partial charge in [-0.15, -0.1) is 0 Å². The molecule has 5 rings (SSSR count). The van der Waals surface area contributed by atoms with Gasteiger partial charge in [-0.1, -0.05) is 43.2 Å². The molecule has 0 spiro atoms. The second-order valence-corrected chi connectivity index (χ2v) is 9.62. The number of carbonyl (C=O) groups is 1. The molecule has 1 aromatic heterocycles. The number of aromatic amines is 1. The van der Waals surface area contributed by atoms with E-state index >= 15 is 0 Å². The summed E-state index contributed by atoms with van der Waals surface area (Å²) in [6.45, 7) is 2.47. The predicted molar refractivity (Wildman–Crippen MR) is 124 cm³/mol. The van der Waals surface area contributed by atoms with Crippen LogP contribution in [-0.2, 0) is 24.2 Å². The molecule has 0 bridgehead atoms. The largest absolute Gasteiger partial charge is 0.333 e. The summed E-state index contributed by atoms with van der Waals surface area (Å²) in [6, 6.07) is 10.7. The SMILES string of the molecule is O=C(CCc1ccccc1)N1CCCC[C@H]1c1nc2c(c(=O)[nH]1)CCN(C1CCCC1)C2. The molecule has 1 saturated carbocycles. The average Bonchev–Trinajstić information content (AvgIpc) is 3.38. The van der Waals surface area contributed by atoms with Crippen molar-refractivity contribution in [2.45, 2.75) is 82.8 Å². The van der Waals surface area contributed by atoms with Crippen molar-refractivity contribution in [3.8, 4) is 0 Å². The molecule has 1 aromatic carbocycles. The van der Waals surface area contributed by atoms with E-state index < -0.39 is 0 Å². The lowest BCUT2D eigenvalue weighted by Gasteiger charge is -2.36. The van der Waals surface area contributed by atoms with E-state index in [1.807, 2.05) is 23.1 Å². The number of nitrogens with zero attached hydrogens (tertiary/aromatic N) is 3. The smallest absolute Gasteiger partial charge is 0.254 e. The lowest BCUT2D eigenvalue weighted by molar-refractivity contribution is -0.135. The van der Waals surface area contributed by atoms with Gasteiger partial charge in [0.1, 0.15) is 5.82 Å². The minimum Gasteiger partial charge on any atom is -0.333 e. The first kappa shape index (κ1) is 21.4. The first-order valence-electron chi connectivity index (χ1n) is 12.4. The Morgan fingerprint density at radius 1 is 1.03 bits per heavy atom. The van der Waals surface area contributed by atoms with Gasteiger partial charge in [-0.3, -0.25) is 14.5 Å². The third-order valence-electron chi connectivity index (χ3n) is 7.57. The molecule has 1 N–H and O–H groups in total. The van der Waals surface area contributed by atoms with Gasteiger partial charge in [0.25, 0.3) is 5.56 Å². The minimum absolute atomic E-state index is 0.00155. The Hall–Kier alpha value is -2.47. The number of H-pyrrole nitrogens is 1. The lowest BCUT2D eigenvalue weighted by atomic mass is 9.98. The minimum atomic E-state index is -0.119. The first-order valence-corrected chi connectivity index (χ1v) is 12.4. The molecular weight excluding hydrogens is 400 g/mol. The molecule has 6 nitrogen and oxygen atoms in total. The van der Waals surface area contributed by atoms with Crippen molar-refractivity contribution in [3.63, 3.8) is 0 Å². The zero-order valence-corrected chi connectivity index (χ0v) is 18.9. The summed E-state index contributed by atoms with van der Waals surface area (Å²) in [4.78, 5) is 38.6. The normalized spacial score (nSPS) is 22.1. The van der Waals surface area contributed by atoms with Crippen LogP contribution in [0.1, 0.15) is 80.1 Å². The second kappa shape index (κ2) is 9.57. The van der Waals surface area contributed by atoms with Crippen molar-refractivity contribution in [2.75, 3.05) is 13.1 Å². The Morgan fingerprint density at radius 3 is 2.62 bits per heavy atom. The Kier molecular flexibility index (Phi) is 6.39. The summed E-state index contributed by atoms with van der Waals surface area (Å²) in [5.41, 5.74) is 2.96. The van der Waals surface area contributed by atoms with Crippen molar-refractivity contribution in [1.29, 1.82) is 0 Å². The molecule has 0 unspecified atom stereocenters. The summed E-state index contributed by atoms with van der Waals surface area (Å²) in [7, 11) is 0. The van der Waals surface area contributed by atoms with Gasteiger partial charge in [-0.2, -0.15) is 0 Å². The van der Waals surface area contributed by atoms with Gasteiger partial charge in [-0.05, 0) is 50.5 Å². The molecule has 1 atom stereocenters. The monoisotopic (exact) mass is 434 g/mol. The van der Waals surface area contributed by atoms with Crippen LogP contribution < -0.4 is 5.56 Å². The van der Waals surface area contributed by atoms with Crippen LogP contribution in [-0.4, -0.2) is 44.8 Å². The molecule has 6 heteroatoms. The average molecular weight is 435 g/mol. The third kappa shape index (κ3) is 4.51. The number of aromatic nitrogens is 2. The molecule has 0 radical (unpaired) electrons. The molecule has 1 aliphatic carbocycles. The van der Waals surface area contributed by atoms with E-state index in [0.29, 0.717) is 18.3 Å². The number of aryl methyl sites for hydroxylation is 1. The molecule has 2 fully saturated rings. The summed E-state index contributed by atoms with van der Waals surface area (Å²) < 4.78 is 0. The van der Waals surface area contributed by atoms with E-state index in [-0.39, 0.29) is 17.5 Å². The van der Waals surface area contributed by atoms with Crippen molar-refractivity contribution < 1.29 is 4.79 Å². The van der Waals surface area contributed by atoms with Crippen molar-refractivity contribution in [2.24, 2.45) is 0 Å². The highest BCUT2D eigenvalue weighted by Gasteiger charge is 2.32. The highest BCUT2D eigenvalue weighted by atomic mass is 16.2. The zero-order chi connectivity index (χ0) is 21.9. The van der Waals surface area contributed by atoms with Crippen LogP contribution >= 0.6 is 0 Å². The van der Waals surface area contributed by atoms with E-state index in [1.54, 1.807) is 0 Å². The number of rotatable bonds is 5. The second-order valence-electron chi connectivity index (χ2n) is 9.62. The van der Waals surface area contributed by atoms with Crippen molar-refractivity contribution in [3.05, 3.63) is 63.3 Å². The van der Waals surface area contributed by atoms with Gasteiger partial charge in [0.2, 0.25) is 5.91 Å². The summed E-state index contributed by atoms with van der Waals surface area (Å²) in [5, 5.41) is 0. The standard InChI is InChI=1S/C26H34N4O2/c31-24(14-13-19-8-2-1-3-9-19)30-16-7-6-12-23(30)25-27-22-18-29(20-10-4-5-11-20)17-15-21(22)26(32)28-25/h1-3,8-9,20,23H,4-7,10-18H2,(H,27,28,32)/t23-/m0/s1. The molecule has 2 aromatic rings. The van der Waals surface area contributed by atoms with Crippen LogP contribution in [0, 0.1) is 0 Å². The van der Waals surface area contributed by atoms with Gasteiger partial charge in [0.05, 0.1) is 11.7 Å². The van der Waals surface area contributed by atoms with E-state index in [0.717, 1.165) is 63.0 Å². The van der Waals surface area contributed by atoms with E-state index in [2.05, 4.69) is 22.0 Å². The number of hydrogen-bond donors (Lipinski definition) is 1. The maximum atomic E-state index is 13.2. The molecule has 170 valence electrons. The maximum Gasteiger partial charge on any atom is 0.254 e. The van der Waals surface area contributed by atoms with Gasteiger partial charge in [-0.25, -0.2) is 4.98 Å². The van der Waals surface area contributed by atoms with Gasteiger partial charge >= 0.3 is 0 Å². The topological polar surface area (TPSA) is 69.3 Å². The van der Waals surface area contributed by atoms with Crippen LogP contribution in [0.4, 0.5) is 0 Å². The Labute approximate surface area is 190 Å². The molecule has 3 heterocycles. The van der Waals surface area contributed by atoms with Gasteiger partial charge in [0, 0.05) is 37.7 Å². The van der Waals surface area contributed by atoms with Crippen LogP contribution in [0.25, 0.3) is 0 Å². The summed E-state index contributed by atoms with van der Waals surface area (Å²) in [6.07, 6.45) is 10.1. The molecule has 1 saturated heterocycles. The zero-order valence-electron chi connectivity index (χ0n) is 18.9. The number of nitrogens with one attached hydrogen (secondary N) is 1. The number of likely N-dealkylation sites (tertiary alicyclic amines) is 1. The molecule has 1 amide bonds. The fraction of sp³-hybridized carbons (Fsp3) is 0.577. The fourth-order valence-electron chi connectivity index (χ4n) is 5.77. The van der Waals surface area contributed by atoms with Crippen LogP contribution in [0.15, 0.2) is 35.1 Å². The predicted octanol–water partition coefficient (Wildman–Crippen LogP) is 3.76. The Bertz CT molecular complexity index is 997. The number of piperidine rings is 1. The van der Waals surface area contributed by atoms with E-state index in [4.69, 9.17) is 4.98 Å². The molecule has 32 heavy (non-hydrogen) atoms. The molecule has 2 aliphatic heterocycles. The Balaban J connectivity index is 1.34. The van der Waals surface area contributed by atoms with Crippen molar-refractivity contribution >= 4 is 5.91 Å². The molecule has 3 aliphatic rings. The van der Waals surface area contributed by atoms with Crippen molar-refractivity contribution in [1.82, 2.24) is 19.8 Å². The number of hydrogen-bond acceptors (Lipinski definition) is 4. The number of fused-ring (bicyclic) bond motifs is 1. The van der Waals surface area contributed by atoms with Gasteiger partial charge < -0.3 is 9.88 Å². The highest BCUT2D eigenvalue weighted by molar-refractivity contribution is 5.77. The number of benzene rings is 1.